The van der Waals surface area contributed by atoms with Crippen molar-refractivity contribution < 1.29 is 13.9 Å². The summed E-state index contributed by atoms with van der Waals surface area (Å²) in [6.45, 7) is 19.3. The van der Waals surface area contributed by atoms with E-state index in [2.05, 4.69) is 78.6 Å². The molecule has 0 aliphatic rings. The zero-order valence-electron chi connectivity index (χ0n) is 28.4. The summed E-state index contributed by atoms with van der Waals surface area (Å²) >= 11 is 3.82. The third-order valence-electron chi connectivity index (χ3n) is 8.14. The van der Waals surface area contributed by atoms with Gasteiger partial charge in [0.15, 0.2) is 0 Å². The lowest BCUT2D eigenvalue weighted by molar-refractivity contribution is -0.0577. The van der Waals surface area contributed by atoms with Crippen molar-refractivity contribution in [2.45, 2.75) is 99.5 Å². The van der Waals surface area contributed by atoms with Crippen molar-refractivity contribution in [1.82, 2.24) is 4.98 Å². The van der Waals surface area contributed by atoms with Gasteiger partial charge in [-0.1, -0.05) is 72.6 Å². The normalized spacial score (nSPS) is 13.0. The summed E-state index contributed by atoms with van der Waals surface area (Å²) in [6.07, 6.45) is 6.73. The molecule has 7 heteroatoms. The smallest absolute Gasteiger partial charge is 0.345 e. The molecule has 0 saturated heterocycles. The zero-order valence-corrected chi connectivity index (χ0v) is 30.1. The number of rotatable bonds is 19. The molecule has 0 bridgehead atoms. The van der Waals surface area contributed by atoms with Gasteiger partial charge in [0.05, 0.1) is 24.4 Å². The van der Waals surface area contributed by atoms with Crippen LogP contribution in [0.1, 0.15) is 92.2 Å². The van der Waals surface area contributed by atoms with Gasteiger partial charge in [0.1, 0.15) is 0 Å². The van der Waals surface area contributed by atoms with Gasteiger partial charge >= 0.3 is 5.63 Å². The molecule has 3 rings (SSSR count). The minimum Gasteiger partial charge on any atom is -0.477 e. The van der Waals surface area contributed by atoms with Crippen molar-refractivity contribution in [2.24, 2.45) is 11.3 Å². The van der Waals surface area contributed by atoms with Crippen molar-refractivity contribution in [3.05, 3.63) is 57.9 Å². The Morgan fingerprint density at radius 2 is 1.61 bits per heavy atom. The Labute approximate surface area is 274 Å². The second-order valence-corrected chi connectivity index (χ2v) is 15.9. The molecule has 0 aliphatic carbocycles. The zero-order chi connectivity index (χ0) is 32.2. The topological polar surface area (TPSA) is 61.6 Å². The standard InChI is InChI=1S/C37H55NO4S2/c1-9-11-12-13-28-14-16-31(29(10-2)24-28)32-25-30-15-17-33(38-34(30)42-35(32)39)40-18-20-43-22-23-44-21-19-41-37(7,8)27(3)26-36(4,5)6/h14-17,24-25,27H,9-13,18-23,26H2,1-8H3. The fourth-order valence-corrected chi connectivity index (χ4v) is 7.14. The average molecular weight is 642 g/mol. The van der Waals surface area contributed by atoms with Crippen LogP contribution in [0.25, 0.3) is 22.2 Å². The minimum atomic E-state index is -0.364. The van der Waals surface area contributed by atoms with E-state index in [0.717, 1.165) is 59.8 Å². The van der Waals surface area contributed by atoms with Crippen LogP contribution in [-0.4, -0.2) is 46.8 Å². The summed E-state index contributed by atoms with van der Waals surface area (Å²) < 4.78 is 17.8. The summed E-state index contributed by atoms with van der Waals surface area (Å²) in [6, 6.07) is 12.1. The summed E-state index contributed by atoms with van der Waals surface area (Å²) in [7, 11) is 0. The van der Waals surface area contributed by atoms with E-state index in [1.54, 1.807) is 0 Å². The van der Waals surface area contributed by atoms with E-state index < -0.39 is 0 Å². The van der Waals surface area contributed by atoms with Crippen LogP contribution < -0.4 is 10.4 Å². The predicted molar refractivity (Wildman–Crippen MR) is 192 cm³/mol. The summed E-state index contributed by atoms with van der Waals surface area (Å²) in [5, 5.41) is 0.795. The van der Waals surface area contributed by atoms with E-state index in [1.807, 2.05) is 41.7 Å². The van der Waals surface area contributed by atoms with Crippen LogP contribution in [0.3, 0.4) is 0 Å². The molecule has 2 heterocycles. The molecule has 44 heavy (non-hydrogen) atoms. The number of hydrogen-bond acceptors (Lipinski definition) is 7. The van der Waals surface area contributed by atoms with Gasteiger partial charge in [-0.25, -0.2) is 4.79 Å². The SMILES string of the molecule is CCCCCc1ccc(-c2cc3ccc(OCCSCCSCCOC(C)(C)C(C)CC(C)(C)C)nc3oc2=O)c(CC)c1. The molecule has 244 valence electrons. The van der Waals surface area contributed by atoms with Crippen LogP contribution in [0.15, 0.2) is 45.6 Å². The number of nitrogens with zero attached hydrogens (tertiary/aromatic N) is 1. The molecule has 1 unspecified atom stereocenters. The molecule has 3 aromatic rings. The molecule has 0 spiro atoms. The monoisotopic (exact) mass is 641 g/mol. The van der Waals surface area contributed by atoms with Gasteiger partial charge in [-0.3, -0.25) is 0 Å². The van der Waals surface area contributed by atoms with E-state index in [1.165, 1.54) is 30.4 Å². The van der Waals surface area contributed by atoms with Gasteiger partial charge in [0.25, 0.3) is 0 Å². The summed E-state index contributed by atoms with van der Waals surface area (Å²) in [5.74, 6) is 5.06. The van der Waals surface area contributed by atoms with Crippen molar-refractivity contribution in [3.8, 4) is 17.0 Å². The van der Waals surface area contributed by atoms with Gasteiger partial charge in [0, 0.05) is 34.5 Å². The Morgan fingerprint density at radius 1 is 0.886 bits per heavy atom. The van der Waals surface area contributed by atoms with Gasteiger partial charge in [0.2, 0.25) is 11.6 Å². The van der Waals surface area contributed by atoms with Crippen LogP contribution >= 0.6 is 23.5 Å². The van der Waals surface area contributed by atoms with E-state index in [0.29, 0.717) is 35.1 Å². The number of pyridine rings is 1. The Morgan fingerprint density at radius 3 is 2.30 bits per heavy atom. The Hall–Kier alpha value is -1.96. The lowest BCUT2D eigenvalue weighted by Crippen LogP contribution is -2.35. The van der Waals surface area contributed by atoms with Crippen LogP contribution in [0.2, 0.25) is 0 Å². The third kappa shape index (κ3) is 11.8. The largest absolute Gasteiger partial charge is 0.477 e. The molecule has 0 N–H and O–H groups in total. The predicted octanol–water partition coefficient (Wildman–Crippen LogP) is 9.86. The first-order chi connectivity index (χ1) is 20.9. The third-order valence-corrected chi connectivity index (χ3v) is 10.3. The van der Waals surface area contributed by atoms with E-state index in [-0.39, 0.29) is 11.2 Å². The van der Waals surface area contributed by atoms with E-state index in [9.17, 15) is 4.79 Å². The molecule has 0 amide bonds. The van der Waals surface area contributed by atoms with Gasteiger partial charge in [-0.15, -0.1) is 0 Å². The van der Waals surface area contributed by atoms with Crippen LogP contribution in [0.5, 0.6) is 5.88 Å². The first kappa shape index (κ1) is 36.5. The first-order valence-electron chi connectivity index (χ1n) is 16.4. The van der Waals surface area contributed by atoms with Gasteiger partial charge in [-0.05, 0) is 79.7 Å². The average Bonchev–Trinajstić information content (AvgIpc) is 2.97. The number of ether oxygens (including phenoxy) is 2. The lowest BCUT2D eigenvalue weighted by Gasteiger charge is -2.36. The second kappa shape index (κ2) is 17.7. The highest BCUT2D eigenvalue weighted by Crippen LogP contribution is 2.33. The van der Waals surface area contributed by atoms with Crippen LogP contribution in [-0.2, 0) is 17.6 Å². The number of benzene rings is 1. The molecular formula is C37H55NO4S2. The quantitative estimate of drug-likeness (QED) is 0.121. The molecule has 0 saturated carbocycles. The molecule has 1 aromatic carbocycles. The van der Waals surface area contributed by atoms with E-state index in [4.69, 9.17) is 13.9 Å². The Balaban J connectivity index is 1.41. The van der Waals surface area contributed by atoms with Crippen molar-refractivity contribution in [3.63, 3.8) is 0 Å². The molecular weight excluding hydrogens is 587 g/mol. The number of unbranched alkanes of at least 4 members (excludes halogenated alkanes) is 2. The fourth-order valence-electron chi connectivity index (χ4n) is 5.39. The van der Waals surface area contributed by atoms with Gasteiger partial charge < -0.3 is 13.9 Å². The van der Waals surface area contributed by atoms with Crippen LogP contribution in [0, 0.1) is 11.3 Å². The van der Waals surface area contributed by atoms with Crippen molar-refractivity contribution >= 4 is 34.6 Å². The maximum absolute atomic E-state index is 13.0. The number of aromatic nitrogens is 1. The highest BCUT2D eigenvalue weighted by atomic mass is 32.2. The van der Waals surface area contributed by atoms with Crippen molar-refractivity contribution in [1.29, 1.82) is 0 Å². The number of hydrogen-bond donors (Lipinski definition) is 0. The minimum absolute atomic E-state index is 0.0974. The summed E-state index contributed by atoms with van der Waals surface area (Å²) in [4.78, 5) is 17.5. The van der Waals surface area contributed by atoms with Gasteiger partial charge in [-0.2, -0.15) is 28.5 Å². The highest BCUT2D eigenvalue weighted by molar-refractivity contribution is 8.02. The molecule has 2 aromatic heterocycles. The summed E-state index contributed by atoms with van der Waals surface area (Å²) in [5.41, 5.74) is 4.21. The first-order valence-corrected chi connectivity index (χ1v) is 18.7. The maximum Gasteiger partial charge on any atom is 0.345 e. The Bertz CT molecular complexity index is 1360. The Kier molecular flexibility index (Phi) is 14.7. The number of aryl methyl sites for hydroxylation is 2. The lowest BCUT2D eigenvalue weighted by atomic mass is 9.78. The molecule has 1 atom stereocenters. The van der Waals surface area contributed by atoms with Crippen LogP contribution in [0.4, 0.5) is 0 Å². The van der Waals surface area contributed by atoms with Crippen molar-refractivity contribution in [2.75, 3.05) is 36.2 Å². The molecule has 0 fully saturated rings. The maximum atomic E-state index is 13.0. The fraction of sp³-hybridized carbons (Fsp3) is 0.622. The molecule has 0 aliphatic heterocycles. The number of fused-ring (bicyclic) bond motifs is 1. The van der Waals surface area contributed by atoms with E-state index >= 15 is 0 Å². The molecule has 5 nitrogen and oxygen atoms in total. The molecule has 0 radical (unpaired) electrons. The second-order valence-electron chi connectivity index (χ2n) is 13.5. The number of thioether (sulfide) groups is 2. The highest BCUT2D eigenvalue weighted by Gasteiger charge is 2.30.